The van der Waals surface area contributed by atoms with Crippen molar-refractivity contribution < 1.29 is 61.6 Å². The number of carbonyl (C=O) groups excluding carboxylic acids is 8. The molecule has 1 unspecified atom stereocenters. The van der Waals surface area contributed by atoms with Gasteiger partial charge in [0.25, 0.3) is 0 Å². The van der Waals surface area contributed by atoms with E-state index in [1.807, 2.05) is 0 Å². The average Bonchev–Trinajstić information content (AvgIpc) is 3.64. The second kappa shape index (κ2) is 21.3. The number of alkyl carbamates (subject to hydrolysis) is 1. The summed E-state index contributed by atoms with van der Waals surface area (Å²) in [5, 5.41) is 12.0. The van der Waals surface area contributed by atoms with E-state index in [4.69, 9.17) is 15.0 Å². The van der Waals surface area contributed by atoms with Crippen molar-refractivity contribution in [2.24, 2.45) is 5.73 Å². The molecule has 7 amide bonds. The van der Waals surface area contributed by atoms with Crippen LogP contribution in [0, 0.1) is 0 Å². The van der Waals surface area contributed by atoms with Crippen molar-refractivity contribution in [3.63, 3.8) is 0 Å². The first-order valence-corrected chi connectivity index (χ1v) is 18.9. The molecular formula is C35H46N7O13P. The molecule has 0 aromatic heterocycles. The molecule has 2 aromatic rings. The number of likely N-dealkylation sites (tertiary alicyclic amines) is 1. The van der Waals surface area contributed by atoms with E-state index in [2.05, 4.69) is 31.1 Å². The maximum Gasteiger partial charge on any atom is 0.529 e. The minimum atomic E-state index is -5.00. The van der Waals surface area contributed by atoms with Gasteiger partial charge in [-0.1, -0.05) is 60.7 Å². The summed E-state index contributed by atoms with van der Waals surface area (Å²) in [6, 6.07) is 11.1. The summed E-state index contributed by atoms with van der Waals surface area (Å²) in [5.41, 5.74) is 6.58. The third-order valence-corrected chi connectivity index (χ3v) is 9.14. The zero-order chi connectivity index (χ0) is 41.4. The highest BCUT2D eigenvalue weighted by molar-refractivity contribution is 7.48. The number of carbonyl (C=O) groups is 8. The first kappa shape index (κ1) is 44.5. The van der Waals surface area contributed by atoms with Crippen LogP contribution in [0.5, 0.6) is 0 Å². The molecule has 1 fully saturated rings. The molecule has 0 saturated carbocycles. The van der Waals surface area contributed by atoms with Gasteiger partial charge in [-0.25, -0.2) is 9.36 Å². The van der Waals surface area contributed by atoms with Crippen molar-refractivity contribution >= 4 is 55.3 Å². The number of phosphoric acid groups is 1. The fourth-order valence-electron chi connectivity index (χ4n) is 5.35. The fraction of sp³-hybridized carbons (Fsp3) is 0.429. The predicted octanol–water partition coefficient (Wildman–Crippen LogP) is -0.709. The topological polar surface area (TPSA) is 291 Å². The van der Waals surface area contributed by atoms with E-state index >= 15 is 0 Å². The second-order valence-corrected chi connectivity index (χ2v) is 14.1. The van der Waals surface area contributed by atoms with E-state index in [1.54, 1.807) is 60.7 Å². The Balaban J connectivity index is 1.61. The molecule has 1 heterocycles. The molecule has 20 nitrogen and oxygen atoms in total. The van der Waals surface area contributed by atoms with Crippen LogP contribution in [0.15, 0.2) is 60.7 Å². The Morgan fingerprint density at radius 2 is 1.45 bits per heavy atom. The van der Waals surface area contributed by atoms with Gasteiger partial charge in [0.05, 0.1) is 13.2 Å². The molecule has 3 rings (SSSR count). The van der Waals surface area contributed by atoms with E-state index in [-0.39, 0.29) is 26.0 Å². The Morgan fingerprint density at radius 3 is 2.05 bits per heavy atom. The van der Waals surface area contributed by atoms with E-state index in [0.29, 0.717) is 17.5 Å². The van der Waals surface area contributed by atoms with Crippen molar-refractivity contribution in [1.29, 1.82) is 0 Å². The highest BCUT2D eigenvalue weighted by Gasteiger charge is 2.38. The van der Waals surface area contributed by atoms with Crippen LogP contribution in [0.1, 0.15) is 44.7 Å². The van der Waals surface area contributed by atoms with E-state index < -0.39 is 98.7 Å². The summed E-state index contributed by atoms with van der Waals surface area (Å²) in [6.07, 6.45) is -0.433. The number of rotatable bonds is 19. The largest absolute Gasteiger partial charge is 0.529 e. The van der Waals surface area contributed by atoms with Crippen LogP contribution in [0.4, 0.5) is 4.79 Å². The summed E-state index contributed by atoms with van der Waals surface area (Å²) in [4.78, 5) is 112. The molecule has 0 radical (unpaired) electrons. The van der Waals surface area contributed by atoms with Crippen LogP contribution >= 0.6 is 7.82 Å². The third kappa shape index (κ3) is 14.8. The van der Waals surface area contributed by atoms with Gasteiger partial charge in [-0.3, -0.25) is 43.0 Å². The minimum Gasteiger partial charge on any atom is -0.445 e. The Kier molecular flexibility index (Phi) is 16.9. The minimum absolute atomic E-state index is 0.0647. The van der Waals surface area contributed by atoms with Crippen LogP contribution in [-0.4, -0.2) is 107 Å². The smallest absolute Gasteiger partial charge is 0.445 e. The van der Waals surface area contributed by atoms with Gasteiger partial charge < -0.3 is 46.5 Å². The number of hydrogen-bond donors (Lipinski definition) is 7. The zero-order valence-corrected chi connectivity index (χ0v) is 31.8. The number of ether oxygens (including phenoxy) is 1. The number of amides is 7. The quantitative estimate of drug-likeness (QED) is 0.0866. The summed E-state index contributed by atoms with van der Waals surface area (Å²) < 4.78 is 26.2. The van der Waals surface area contributed by atoms with E-state index in [9.17, 15) is 47.8 Å². The average molecular weight is 804 g/mol. The number of nitrogens with zero attached hydrogens (tertiary/aromatic N) is 1. The number of benzene rings is 2. The van der Waals surface area contributed by atoms with Gasteiger partial charge in [-0.05, 0) is 37.8 Å². The third-order valence-electron chi connectivity index (χ3n) is 8.18. The summed E-state index contributed by atoms with van der Waals surface area (Å²) >= 11 is 0. The van der Waals surface area contributed by atoms with Crippen LogP contribution in [0.25, 0.3) is 0 Å². The number of nitrogens with one attached hydrogen (secondary N) is 5. The Labute approximate surface area is 322 Å². The van der Waals surface area contributed by atoms with Gasteiger partial charge in [0.15, 0.2) is 0 Å². The van der Waals surface area contributed by atoms with Gasteiger partial charge in [0.1, 0.15) is 36.8 Å². The Bertz CT molecular complexity index is 1780. The molecule has 8 N–H and O–H groups in total. The van der Waals surface area contributed by atoms with Gasteiger partial charge in [-0.2, -0.15) is 0 Å². The van der Waals surface area contributed by atoms with E-state index in [0.717, 1.165) is 6.92 Å². The molecular weight excluding hydrogens is 757 g/mol. The first-order chi connectivity index (χ1) is 26.5. The van der Waals surface area contributed by atoms with Crippen molar-refractivity contribution in [2.45, 2.75) is 76.8 Å². The van der Waals surface area contributed by atoms with Gasteiger partial charge in [-0.15, -0.1) is 0 Å². The summed E-state index contributed by atoms with van der Waals surface area (Å²) in [5.74, 6) is -5.78. The molecule has 1 aliphatic rings. The summed E-state index contributed by atoms with van der Waals surface area (Å²) in [6.45, 7) is 1.92. The fourth-order valence-corrected chi connectivity index (χ4v) is 6.06. The lowest BCUT2D eigenvalue weighted by Gasteiger charge is -2.28. The molecule has 0 bridgehead atoms. The standard InChI is InChI=1S/C35H46N7O13P/c1-21(30(36)45)38-31(46)26(17-24-11-6-4-7-12-24)40-29(44)18-37-33(48)28-15-10-16-42(28)34(49)22(2)39-32(47)27(20-54-56(51,52)55-23(3)43)41-35(50)53-19-25-13-8-5-9-14-25/h4-9,11-14,21-22,26-28H,10,15-20H2,1-3H3,(H2,36,45)(H,37,48)(H,38,46)(H,39,47)(H,40,44)(H,41,50)(H,51,52)/t21-,22-,26-,27-,28-/m0/s1. The Hall–Kier alpha value is -5.85. The second-order valence-electron chi connectivity index (χ2n) is 12.7. The number of primary amides is 1. The van der Waals surface area contributed by atoms with Crippen LogP contribution in [-0.2, 0) is 64.9 Å². The molecule has 2 aromatic carbocycles. The molecule has 1 saturated heterocycles. The van der Waals surface area contributed by atoms with Gasteiger partial charge >= 0.3 is 19.9 Å². The normalized spacial score (nSPS) is 16.7. The molecule has 1 aliphatic heterocycles. The molecule has 56 heavy (non-hydrogen) atoms. The highest BCUT2D eigenvalue weighted by Crippen LogP contribution is 2.43. The lowest BCUT2D eigenvalue weighted by atomic mass is 10.0. The predicted molar refractivity (Wildman–Crippen MR) is 195 cm³/mol. The van der Waals surface area contributed by atoms with E-state index in [1.165, 1.54) is 18.7 Å². The van der Waals surface area contributed by atoms with Crippen molar-refractivity contribution in [3.05, 3.63) is 71.8 Å². The molecule has 21 heteroatoms. The molecule has 0 spiro atoms. The number of phosphoric ester groups is 1. The number of hydrogen-bond acceptors (Lipinski definition) is 12. The van der Waals surface area contributed by atoms with Gasteiger partial charge in [0.2, 0.25) is 35.4 Å². The van der Waals surface area contributed by atoms with Crippen molar-refractivity contribution in [1.82, 2.24) is 31.5 Å². The molecule has 0 aliphatic carbocycles. The van der Waals surface area contributed by atoms with Gasteiger partial charge in [0, 0.05) is 19.9 Å². The maximum atomic E-state index is 13.5. The zero-order valence-electron chi connectivity index (χ0n) is 30.9. The summed E-state index contributed by atoms with van der Waals surface area (Å²) in [7, 11) is -5.00. The lowest BCUT2D eigenvalue weighted by Crippen LogP contribution is -2.57. The van der Waals surface area contributed by atoms with Crippen molar-refractivity contribution in [3.8, 4) is 0 Å². The maximum absolute atomic E-state index is 13.5. The Morgan fingerprint density at radius 1 is 0.857 bits per heavy atom. The lowest BCUT2D eigenvalue weighted by molar-refractivity contribution is -0.141. The van der Waals surface area contributed by atoms with Crippen LogP contribution in [0.3, 0.4) is 0 Å². The van der Waals surface area contributed by atoms with Crippen LogP contribution in [0.2, 0.25) is 0 Å². The SMILES string of the molecule is CC(=O)OP(=O)(O)OC[C@H](NC(=O)OCc1ccccc1)C(=O)N[C@@H](C)C(=O)N1CCC[C@H]1C(=O)NCC(=O)N[C@@H](Cc1ccccc1)C(=O)N[C@@H](C)C(N)=O. The van der Waals surface area contributed by atoms with Crippen LogP contribution < -0.4 is 32.3 Å². The van der Waals surface area contributed by atoms with Crippen molar-refractivity contribution in [2.75, 3.05) is 19.7 Å². The molecule has 304 valence electrons. The number of nitrogens with two attached hydrogens (primary N) is 1. The monoisotopic (exact) mass is 803 g/mol. The first-order valence-electron chi connectivity index (χ1n) is 17.4. The highest BCUT2D eigenvalue weighted by atomic mass is 31.2. The molecule has 6 atom stereocenters.